The maximum atomic E-state index is 10.8. The van der Waals surface area contributed by atoms with Crippen molar-refractivity contribution < 1.29 is 14.3 Å². The zero-order chi connectivity index (χ0) is 11.8. The molecule has 1 aromatic rings. The van der Waals surface area contributed by atoms with Crippen molar-refractivity contribution in [1.29, 1.82) is 0 Å². The standard InChI is InChI=1S/C8H8O2.C4H7IO/c1-10-8(9)7-5-3-2-4-6-7;5-3-4-1-2-6-4/h2-6H,1H3;4H,1-3H2. The van der Waals surface area contributed by atoms with Gasteiger partial charge in [-0.2, -0.15) is 0 Å². The molecule has 0 N–H and O–H groups in total. The SMILES string of the molecule is COC(=O)c1ccccc1.ICC1CCO1. The summed E-state index contributed by atoms with van der Waals surface area (Å²) in [7, 11) is 1.37. The summed E-state index contributed by atoms with van der Waals surface area (Å²) in [6.45, 7) is 0.994. The van der Waals surface area contributed by atoms with E-state index in [-0.39, 0.29) is 5.97 Å². The number of rotatable bonds is 2. The molecule has 16 heavy (non-hydrogen) atoms. The second-order valence-corrected chi connectivity index (χ2v) is 4.17. The van der Waals surface area contributed by atoms with Gasteiger partial charge in [0.25, 0.3) is 0 Å². The van der Waals surface area contributed by atoms with E-state index in [2.05, 4.69) is 27.3 Å². The molecule has 1 fully saturated rings. The van der Waals surface area contributed by atoms with E-state index >= 15 is 0 Å². The van der Waals surface area contributed by atoms with Gasteiger partial charge in [-0.3, -0.25) is 0 Å². The number of alkyl halides is 1. The van der Waals surface area contributed by atoms with Crippen molar-refractivity contribution in [2.24, 2.45) is 0 Å². The predicted octanol–water partition coefficient (Wildman–Crippen LogP) is 2.68. The summed E-state index contributed by atoms with van der Waals surface area (Å²) in [5.74, 6) is -0.291. The molecule has 3 nitrogen and oxygen atoms in total. The number of halogens is 1. The molecule has 0 bridgehead atoms. The topological polar surface area (TPSA) is 35.5 Å². The van der Waals surface area contributed by atoms with Gasteiger partial charge in [-0.15, -0.1) is 0 Å². The largest absolute Gasteiger partial charge is 0.465 e. The van der Waals surface area contributed by atoms with Crippen LogP contribution in [-0.4, -0.2) is 30.2 Å². The van der Waals surface area contributed by atoms with Crippen LogP contribution in [0.4, 0.5) is 0 Å². The van der Waals surface area contributed by atoms with Gasteiger partial charge in [0.05, 0.1) is 18.8 Å². The first-order valence-corrected chi connectivity index (χ1v) is 6.61. The van der Waals surface area contributed by atoms with Crippen LogP contribution in [0.2, 0.25) is 0 Å². The zero-order valence-electron chi connectivity index (χ0n) is 9.19. The summed E-state index contributed by atoms with van der Waals surface area (Å²) in [6.07, 6.45) is 1.88. The average molecular weight is 334 g/mol. The van der Waals surface area contributed by atoms with Gasteiger partial charge in [-0.25, -0.2) is 4.79 Å². The summed E-state index contributed by atoms with van der Waals surface area (Å²) in [4.78, 5) is 10.8. The van der Waals surface area contributed by atoms with Gasteiger partial charge in [0.2, 0.25) is 0 Å². The molecule has 1 saturated heterocycles. The lowest BCUT2D eigenvalue weighted by atomic mass is 10.2. The van der Waals surface area contributed by atoms with E-state index in [1.165, 1.54) is 13.5 Å². The Labute approximate surface area is 109 Å². The molecule has 1 aliphatic heterocycles. The number of methoxy groups -OCH3 is 1. The Kier molecular flexibility index (Phi) is 6.40. The van der Waals surface area contributed by atoms with Crippen molar-refractivity contribution >= 4 is 28.6 Å². The fourth-order valence-electron chi connectivity index (χ4n) is 1.10. The second-order valence-electron chi connectivity index (χ2n) is 3.29. The molecule has 1 atom stereocenters. The number of benzene rings is 1. The highest BCUT2D eigenvalue weighted by Gasteiger charge is 2.14. The lowest BCUT2D eigenvalue weighted by Gasteiger charge is -2.23. The van der Waals surface area contributed by atoms with Gasteiger partial charge in [0, 0.05) is 11.0 Å². The Morgan fingerprint density at radius 2 is 2.12 bits per heavy atom. The number of carbonyl (C=O) groups excluding carboxylic acids is 1. The highest BCUT2D eigenvalue weighted by Crippen LogP contribution is 2.12. The molecular formula is C12H15IO3. The monoisotopic (exact) mass is 334 g/mol. The third-order valence-corrected chi connectivity index (χ3v) is 3.14. The van der Waals surface area contributed by atoms with E-state index in [0.717, 1.165) is 11.0 Å². The molecule has 1 unspecified atom stereocenters. The molecule has 0 radical (unpaired) electrons. The molecule has 1 aromatic carbocycles. The summed E-state index contributed by atoms with van der Waals surface area (Å²) >= 11 is 2.34. The normalized spacial score (nSPS) is 17.8. The Bertz CT molecular complexity index is 307. The van der Waals surface area contributed by atoms with E-state index in [4.69, 9.17) is 4.74 Å². The first-order chi connectivity index (χ1) is 7.77. The van der Waals surface area contributed by atoms with Crippen LogP contribution in [0.3, 0.4) is 0 Å². The smallest absolute Gasteiger partial charge is 0.337 e. The van der Waals surface area contributed by atoms with Crippen LogP contribution in [0.15, 0.2) is 30.3 Å². The van der Waals surface area contributed by atoms with Crippen molar-refractivity contribution in [3.05, 3.63) is 35.9 Å². The third kappa shape index (κ3) is 4.49. The summed E-state index contributed by atoms with van der Waals surface area (Å²) in [5, 5.41) is 0. The van der Waals surface area contributed by atoms with Gasteiger partial charge < -0.3 is 9.47 Å². The Morgan fingerprint density at radius 1 is 1.50 bits per heavy atom. The van der Waals surface area contributed by atoms with Crippen LogP contribution in [0.1, 0.15) is 16.8 Å². The van der Waals surface area contributed by atoms with Crippen molar-refractivity contribution in [2.75, 3.05) is 18.1 Å². The van der Waals surface area contributed by atoms with Crippen molar-refractivity contribution in [2.45, 2.75) is 12.5 Å². The molecule has 1 aliphatic rings. The van der Waals surface area contributed by atoms with Crippen molar-refractivity contribution in [1.82, 2.24) is 0 Å². The highest BCUT2D eigenvalue weighted by molar-refractivity contribution is 14.1. The quantitative estimate of drug-likeness (QED) is 0.474. The number of esters is 1. The summed E-state index contributed by atoms with van der Waals surface area (Å²) < 4.78 is 10.7. The van der Waals surface area contributed by atoms with Gasteiger partial charge in [-0.1, -0.05) is 40.8 Å². The molecule has 0 spiro atoms. The lowest BCUT2D eigenvalue weighted by molar-refractivity contribution is -0.0325. The first-order valence-electron chi connectivity index (χ1n) is 5.09. The molecule has 4 heteroatoms. The zero-order valence-corrected chi connectivity index (χ0v) is 11.3. The predicted molar refractivity (Wildman–Crippen MR) is 71.0 cm³/mol. The van der Waals surface area contributed by atoms with Gasteiger partial charge in [-0.05, 0) is 18.6 Å². The number of carbonyl (C=O) groups is 1. The number of ether oxygens (including phenoxy) is 2. The van der Waals surface area contributed by atoms with Crippen molar-refractivity contribution in [3.63, 3.8) is 0 Å². The lowest BCUT2D eigenvalue weighted by Crippen LogP contribution is -2.27. The van der Waals surface area contributed by atoms with Crippen LogP contribution >= 0.6 is 22.6 Å². The summed E-state index contributed by atoms with van der Waals surface area (Å²) in [5.41, 5.74) is 0.588. The van der Waals surface area contributed by atoms with E-state index in [1.54, 1.807) is 24.3 Å². The Hall–Kier alpha value is -0.620. The molecule has 0 amide bonds. The van der Waals surface area contributed by atoms with E-state index in [9.17, 15) is 4.79 Å². The maximum absolute atomic E-state index is 10.8. The number of hydrogen-bond acceptors (Lipinski definition) is 3. The van der Waals surface area contributed by atoms with Gasteiger partial charge in [0.15, 0.2) is 0 Å². The van der Waals surface area contributed by atoms with E-state index < -0.39 is 0 Å². The fraction of sp³-hybridized carbons (Fsp3) is 0.417. The molecule has 1 heterocycles. The minimum atomic E-state index is -0.291. The molecule has 88 valence electrons. The molecule has 0 saturated carbocycles. The fourth-order valence-corrected chi connectivity index (χ4v) is 1.79. The maximum Gasteiger partial charge on any atom is 0.337 e. The van der Waals surface area contributed by atoms with Crippen LogP contribution in [0.25, 0.3) is 0 Å². The van der Waals surface area contributed by atoms with Gasteiger partial charge >= 0.3 is 5.97 Å². The molecule has 2 rings (SSSR count). The van der Waals surface area contributed by atoms with Crippen LogP contribution < -0.4 is 0 Å². The molecular weight excluding hydrogens is 319 g/mol. The van der Waals surface area contributed by atoms with Crippen LogP contribution in [0, 0.1) is 0 Å². The van der Waals surface area contributed by atoms with E-state index in [0.29, 0.717) is 11.7 Å². The van der Waals surface area contributed by atoms with E-state index in [1.807, 2.05) is 6.07 Å². The minimum Gasteiger partial charge on any atom is -0.465 e. The first kappa shape index (κ1) is 13.4. The minimum absolute atomic E-state index is 0.291. The Balaban J connectivity index is 0.000000181. The van der Waals surface area contributed by atoms with Crippen LogP contribution in [0.5, 0.6) is 0 Å². The highest BCUT2D eigenvalue weighted by atomic mass is 127. The molecule has 0 aliphatic carbocycles. The number of hydrogen-bond donors (Lipinski definition) is 0. The average Bonchev–Trinajstić information content (AvgIpc) is 2.28. The van der Waals surface area contributed by atoms with Gasteiger partial charge in [0.1, 0.15) is 0 Å². The van der Waals surface area contributed by atoms with Crippen LogP contribution in [-0.2, 0) is 9.47 Å². The summed E-state index contributed by atoms with van der Waals surface area (Å²) in [6, 6.07) is 8.88. The second kappa shape index (κ2) is 7.62. The third-order valence-electron chi connectivity index (χ3n) is 2.16. The van der Waals surface area contributed by atoms with Crippen molar-refractivity contribution in [3.8, 4) is 0 Å². The Morgan fingerprint density at radius 3 is 2.44 bits per heavy atom. The molecule has 0 aromatic heterocycles.